The summed E-state index contributed by atoms with van der Waals surface area (Å²) in [4.78, 5) is 28.4. The van der Waals surface area contributed by atoms with Crippen molar-refractivity contribution in [2.45, 2.75) is 38.8 Å². The van der Waals surface area contributed by atoms with Gasteiger partial charge in [-0.3, -0.25) is 13.9 Å². The molecule has 0 bridgehead atoms. The van der Waals surface area contributed by atoms with E-state index in [0.717, 1.165) is 11.8 Å². The molecule has 1 atom stereocenters. The van der Waals surface area contributed by atoms with E-state index in [2.05, 4.69) is 5.32 Å². The third-order valence-corrected chi connectivity index (χ3v) is 8.24. The number of halogens is 2. The first-order valence-electron chi connectivity index (χ1n) is 13.2. The fourth-order valence-electron chi connectivity index (χ4n) is 4.43. The molecule has 0 aliphatic heterocycles. The number of nitrogens with one attached hydrogen (secondary N) is 1. The summed E-state index contributed by atoms with van der Waals surface area (Å²) in [6, 6.07) is 20.4. The molecule has 8 nitrogen and oxygen atoms in total. The van der Waals surface area contributed by atoms with E-state index in [9.17, 15) is 18.0 Å². The van der Waals surface area contributed by atoms with E-state index in [1.54, 1.807) is 42.5 Å². The van der Waals surface area contributed by atoms with Crippen molar-refractivity contribution in [2.24, 2.45) is 0 Å². The first kappa shape index (κ1) is 32.2. The van der Waals surface area contributed by atoms with Crippen LogP contribution in [0.25, 0.3) is 0 Å². The number of benzene rings is 3. The lowest BCUT2D eigenvalue weighted by Gasteiger charge is -2.32. The second kappa shape index (κ2) is 15.1. The van der Waals surface area contributed by atoms with Crippen LogP contribution in [0.5, 0.6) is 5.75 Å². The maximum absolute atomic E-state index is 13.8. The number of amides is 2. The molecule has 1 N–H and O–H groups in total. The van der Waals surface area contributed by atoms with Gasteiger partial charge in [-0.15, -0.1) is 0 Å². The van der Waals surface area contributed by atoms with Gasteiger partial charge in [0.1, 0.15) is 11.8 Å². The van der Waals surface area contributed by atoms with Gasteiger partial charge in [-0.05, 0) is 60.9 Å². The molecule has 0 aliphatic carbocycles. The van der Waals surface area contributed by atoms with Crippen LogP contribution in [0.3, 0.4) is 0 Å². The van der Waals surface area contributed by atoms with E-state index in [0.29, 0.717) is 40.1 Å². The highest BCUT2D eigenvalue weighted by Gasteiger charge is 2.30. The summed E-state index contributed by atoms with van der Waals surface area (Å²) in [5, 5.41) is 3.51. The Morgan fingerprint density at radius 2 is 1.68 bits per heavy atom. The third kappa shape index (κ3) is 9.38. The van der Waals surface area contributed by atoms with Crippen molar-refractivity contribution in [3.05, 3.63) is 94.0 Å². The number of likely N-dealkylation sites (N-methyl/N-ethyl adjacent to an activating group) is 1. The van der Waals surface area contributed by atoms with Crippen molar-refractivity contribution in [1.82, 2.24) is 10.2 Å². The first-order chi connectivity index (χ1) is 19.5. The van der Waals surface area contributed by atoms with Crippen LogP contribution in [0.15, 0.2) is 72.8 Å². The molecule has 41 heavy (non-hydrogen) atoms. The average Bonchev–Trinajstić information content (AvgIpc) is 2.94. The third-order valence-electron chi connectivity index (χ3n) is 6.46. The highest BCUT2D eigenvalue weighted by molar-refractivity contribution is 7.92. The minimum Gasteiger partial charge on any atom is -0.494 e. The Kier molecular flexibility index (Phi) is 11.9. The second-order valence-corrected chi connectivity index (χ2v) is 12.2. The lowest BCUT2D eigenvalue weighted by molar-refractivity contribution is -0.141. The number of ether oxygens (including phenoxy) is 1. The Bertz CT molecular complexity index is 1420. The fourth-order valence-corrected chi connectivity index (χ4v) is 5.87. The molecule has 220 valence electrons. The van der Waals surface area contributed by atoms with Crippen LogP contribution in [0.2, 0.25) is 10.0 Å². The number of nitrogens with zero attached hydrogens (tertiary/aromatic N) is 2. The van der Waals surface area contributed by atoms with Crippen LogP contribution in [0.4, 0.5) is 5.69 Å². The van der Waals surface area contributed by atoms with Gasteiger partial charge in [0.15, 0.2) is 0 Å². The lowest BCUT2D eigenvalue weighted by atomic mass is 10.0. The average molecular weight is 621 g/mol. The monoisotopic (exact) mass is 619 g/mol. The predicted octanol–water partition coefficient (Wildman–Crippen LogP) is 5.32. The Balaban J connectivity index is 1.85. The van der Waals surface area contributed by atoms with E-state index in [1.165, 1.54) is 16.3 Å². The van der Waals surface area contributed by atoms with Crippen molar-refractivity contribution in [3.63, 3.8) is 0 Å². The van der Waals surface area contributed by atoms with Crippen LogP contribution in [-0.4, -0.2) is 57.6 Å². The van der Waals surface area contributed by atoms with Gasteiger partial charge in [0.05, 0.1) is 18.6 Å². The van der Waals surface area contributed by atoms with Crippen molar-refractivity contribution >= 4 is 50.7 Å². The molecular formula is C30H35Cl2N3O5S. The van der Waals surface area contributed by atoms with E-state index >= 15 is 0 Å². The van der Waals surface area contributed by atoms with Gasteiger partial charge in [0.25, 0.3) is 0 Å². The molecule has 0 radical (unpaired) electrons. The second-order valence-electron chi connectivity index (χ2n) is 9.44. The summed E-state index contributed by atoms with van der Waals surface area (Å²) in [6.07, 6.45) is 1.66. The number of sulfonamides is 1. The van der Waals surface area contributed by atoms with Gasteiger partial charge >= 0.3 is 0 Å². The molecule has 3 aromatic carbocycles. The molecule has 0 aromatic heterocycles. The molecule has 1 unspecified atom stereocenters. The Labute approximate surface area is 252 Å². The van der Waals surface area contributed by atoms with Gasteiger partial charge in [0.2, 0.25) is 21.8 Å². The number of carbonyl (C=O) groups excluding carboxylic acids is 2. The molecule has 0 heterocycles. The Morgan fingerprint density at radius 1 is 1.00 bits per heavy atom. The molecule has 3 rings (SSSR count). The lowest BCUT2D eigenvalue weighted by Crippen LogP contribution is -2.49. The maximum Gasteiger partial charge on any atom is 0.242 e. The van der Waals surface area contributed by atoms with Crippen LogP contribution >= 0.6 is 23.2 Å². The highest BCUT2D eigenvalue weighted by atomic mass is 35.5. The molecule has 0 spiro atoms. The Morgan fingerprint density at radius 3 is 2.27 bits per heavy atom. The van der Waals surface area contributed by atoms with Crippen molar-refractivity contribution in [3.8, 4) is 5.75 Å². The van der Waals surface area contributed by atoms with Crippen molar-refractivity contribution in [2.75, 3.05) is 30.8 Å². The van der Waals surface area contributed by atoms with Gasteiger partial charge < -0.3 is 15.0 Å². The largest absolute Gasteiger partial charge is 0.494 e. The molecular weight excluding hydrogens is 585 g/mol. The molecule has 11 heteroatoms. The Hall–Kier alpha value is -3.27. The summed E-state index contributed by atoms with van der Waals surface area (Å²) in [7, 11) is -2.09. The summed E-state index contributed by atoms with van der Waals surface area (Å²) in [5.74, 6) is 0.00942. The van der Waals surface area contributed by atoms with Gasteiger partial charge in [-0.25, -0.2) is 8.42 Å². The van der Waals surface area contributed by atoms with Crippen molar-refractivity contribution < 1.29 is 22.7 Å². The van der Waals surface area contributed by atoms with E-state index in [-0.39, 0.29) is 37.7 Å². The smallest absolute Gasteiger partial charge is 0.242 e. The zero-order chi connectivity index (χ0) is 30.0. The van der Waals surface area contributed by atoms with Crippen LogP contribution in [0, 0.1) is 0 Å². The SMILES string of the molecule is CCOc1ccc(N(CCCC(=O)N(Cc2ccc(Cl)cc2Cl)C(Cc2ccccc2)C(=O)NC)S(C)(=O)=O)cc1. The van der Waals surface area contributed by atoms with Gasteiger partial charge in [-0.1, -0.05) is 59.6 Å². The molecule has 0 aliphatic rings. The summed E-state index contributed by atoms with van der Waals surface area (Å²) in [5.41, 5.74) is 2.00. The molecule has 2 amide bonds. The van der Waals surface area contributed by atoms with E-state index < -0.39 is 16.1 Å². The number of rotatable bonds is 14. The summed E-state index contributed by atoms with van der Waals surface area (Å²) >= 11 is 12.5. The topological polar surface area (TPSA) is 96.0 Å². The molecule has 3 aromatic rings. The number of hydrogen-bond acceptors (Lipinski definition) is 5. The number of hydrogen-bond donors (Lipinski definition) is 1. The first-order valence-corrected chi connectivity index (χ1v) is 15.8. The van der Waals surface area contributed by atoms with Crippen LogP contribution in [-0.2, 0) is 32.6 Å². The fraction of sp³-hybridized carbons (Fsp3) is 0.333. The van der Waals surface area contributed by atoms with Crippen molar-refractivity contribution in [1.29, 1.82) is 0 Å². The van der Waals surface area contributed by atoms with Gasteiger partial charge in [0, 0.05) is 43.0 Å². The summed E-state index contributed by atoms with van der Waals surface area (Å²) < 4.78 is 32.0. The number of anilines is 1. The summed E-state index contributed by atoms with van der Waals surface area (Å²) in [6.45, 7) is 2.52. The quantitative estimate of drug-likeness (QED) is 0.263. The van der Waals surface area contributed by atoms with E-state index in [1.807, 2.05) is 37.3 Å². The van der Waals surface area contributed by atoms with Gasteiger partial charge in [-0.2, -0.15) is 0 Å². The predicted molar refractivity (Wildman–Crippen MR) is 164 cm³/mol. The molecule has 0 saturated carbocycles. The van der Waals surface area contributed by atoms with Crippen LogP contribution in [0.1, 0.15) is 30.9 Å². The standard InChI is InChI=1S/C30H35Cl2N3O5S/c1-4-40-26-16-14-25(15-17-26)35(41(3,38)39)18-8-11-29(36)34(21-23-12-13-24(31)20-27(23)32)28(30(37)33-2)19-22-9-6-5-7-10-22/h5-7,9-10,12-17,20,28H,4,8,11,18-19,21H2,1-3H3,(H,33,37). The van der Waals surface area contributed by atoms with E-state index in [4.69, 9.17) is 27.9 Å². The number of carbonyl (C=O) groups is 2. The maximum atomic E-state index is 13.8. The minimum absolute atomic E-state index is 0.0105. The zero-order valence-electron chi connectivity index (χ0n) is 23.3. The van der Waals surface area contributed by atoms with Crippen LogP contribution < -0.4 is 14.4 Å². The zero-order valence-corrected chi connectivity index (χ0v) is 25.7. The highest BCUT2D eigenvalue weighted by Crippen LogP contribution is 2.26. The minimum atomic E-state index is -3.62. The molecule has 0 saturated heterocycles. The normalized spacial score (nSPS) is 11.9. The molecule has 0 fully saturated rings.